The van der Waals surface area contributed by atoms with Crippen molar-refractivity contribution in [3.8, 4) is 0 Å². The third-order valence-corrected chi connectivity index (χ3v) is 3.59. The second kappa shape index (κ2) is 5.83. The second-order valence-corrected chi connectivity index (χ2v) is 6.45. The maximum atomic E-state index is 12.9. The smallest absolute Gasteiger partial charge is 0.310 e. The Bertz CT molecular complexity index is 435. The van der Waals surface area contributed by atoms with Gasteiger partial charge < -0.3 is 5.32 Å². The van der Waals surface area contributed by atoms with Crippen LogP contribution < -0.4 is 5.32 Å². The van der Waals surface area contributed by atoms with E-state index >= 15 is 0 Å². The second-order valence-electron chi connectivity index (χ2n) is 5.59. The molecule has 0 spiro atoms. The number of nitrogens with one attached hydrogen (secondary N) is 1. The fourth-order valence-corrected chi connectivity index (χ4v) is 2.54. The molecule has 108 valence electrons. The van der Waals surface area contributed by atoms with Crippen LogP contribution in [0.3, 0.4) is 0 Å². The summed E-state index contributed by atoms with van der Waals surface area (Å²) < 4.78 is 38.8. The van der Waals surface area contributed by atoms with Crippen molar-refractivity contribution in [2.75, 3.05) is 6.54 Å². The summed E-state index contributed by atoms with van der Waals surface area (Å²) in [5, 5.41) is 3.25. The van der Waals surface area contributed by atoms with Crippen LogP contribution >= 0.6 is 15.9 Å². The minimum atomic E-state index is -4.34. The van der Waals surface area contributed by atoms with Gasteiger partial charge in [-0.25, -0.2) is 0 Å². The van der Waals surface area contributed by atoms with Gasteiger partial charge >= 0.3 is 6.18 Å². The third-order valence-electron chi connectivity index (χ3n) is 2.90. The first-order valence-electron chi connectivity index (χ1n) is 6.17. The van der Waals surface area contributed by atoms with Gasteiger partial charge in [0.25, 0.3) is 0 Å². The zero-order chi connectivity index (χ0) is 14.8. The van der Waals surface area contributed by atoms with E-state index in [1.807, 2.05) is 27.7 Å². The number of alkyl halides is 3. The first-order chi connectivity index (χ1) is 8.57. The molecule has 1 rings (SSSR count). The van der Waals surface area contributed by atoms with E-state index in [0.29, 0.717) is 12.1 Å². The molecule has 0 saturated heterocycles. The fourth-order valence-electron chi connectivity index (χ4n) is 2.07. The Morgan fingerprint density at radius 1 is 1.21 bits per heavy atom. The van der Waals surface area contributed by atoms with Crippen LogP contribution in [0.15, 0.2) is 22.7 Å². The zero-order valence-corrected chi connectivity index (χ0v) is 13.1. The van der Waals surface area contributed by atoms with Gasteiger partial charge in [0.15, 0.2) is 0 Å². The molecule has 1 unspecified atom stereocenters. The standard InChI is InChI=1S/C14H19BrF3N/c1-5-19-12(13(2,3)4)9-6-7-11(15)10(8-9)14(16,17)18/h6-8,12,19H,5H2,1-4H3. The van der Waals surface area contributed by atoms with Crippen molar-refractivity contribution in [1.82, 2.24) is 5.32 Å². The molecule has 0 saturated carbocycles. The zero-order valence-electron chi connectivity index (χ0n) is 11.5. The van der Waals surface area contributed by atoms with E-state index in [1.54, 1.807) is 6.07 Å². The molecule has 0 radical (unpaired) electrons. The molecule has 0 amide bonds. The summed E-state index contributed by atoms with van der Waals surface area (Å²) in [5.41, 5.74) is -0.130. The number of benzene rings is 1. The molecule has 0 fully saturated rings. The molecule has 1 aromatic rings. The molecule has 5 heteroatoms. The number of rotatable bonds is 3. The van der Waals surface area contributed by atoms with E-state index < -0.39 is 11.7 Å². The summed E-state index contributed by atoms with van der Waals surface area (Å²) in [6.45, 7) is 8.68. The summed E-state index contributed by atoms with van der Waals surface area (Å²) >= 11 is 2.96. The van der Waals surface area contributed by atoms with Crippen LogP contribution in [0.25, 0.3) is 0 Å². The van der Waals surface area contributed by atoms with Gasteiger partial charge in [-0.15, -0.1) is 0 Å². The lowest BCUT2D eigenvalue weighted by Crippen LogP contribution is -2.32. The molecule has 1 atom stereocenters. The molecule has 0 aliphatic heterocycles. The minimum absolute atomic E-state index is 0.0768. The Morgan fingerprint density at radius 3 is 2.21 bits per heavy atom. The van der Waals surface area contributed by atoms with E-state index in [9.17, 15) is 13.2 Å². The molecule has 1 aromatic carbocycles. The third kappa shape index (κ3) is 4.21. The minimum Gasteiger partial charge on any atom is -0.310 e. The molecular weight excluding hydrogens is 319 g/mol. The number of hydrogen-bond acceptors (Lipinski definition) is 1. The van der Waals surface area contributed by atoms with Crippen molar-refractivity contribution in [1.29, 1.82) is 0 Å². The van der Waals surface area contributed by atoms with Gasteiger partial charge in [-0.3, -0.25) is 0 Å². The van der Waals surface area contributed by atoms with Crippen LogP contribution in [-0.4, -0.2) is 6.54 Å². The van der Waals surface area contributed by atoms with Crippen molar-refractivity contribution in [3.05, 3.63) is 33.8 Å². The Hall–Kier alpha value is -0.550. The van der Waals surface area contributed by atoms with Crippen LogP contribution in [0.2, 0.25) is 0 Å². The Morgan fingerprint density at radius 2 is 1.79 bits per heavy atom. The van der Waals surface area contributed by atoms with Crippen molar-refractivity contribution in [2.24, 2.45) is 5.41 Å². The Balaban J connectivity index is 3.26. The molecular formula is C14H19BrF3N. The van der Waals surface area contributed by atoms with Crippen LogP contribution in [0.1, 0.15) is 44.9 Å². The average molecular weight is 338 g/mol. The summed E-state index contributed by atoms with van der Waals surface area (Å²) in [5.74, 6) is 0. The van der Waals surface area contributed by atoms with E-state index in [0.717, 1.165) is 0 Å². The highest BCUT2D eigenvalue weighted by molar-refractivity contribution is 9.10. The SMILES string of the molecule is CCNC(c1ccc(Br)c(C(F)(F)F)c1)C(C)(C)C. The van der Waals surface area contributed by atoms with Gasteiger partial charge in [0, 0.05) is 10.5 Å². The van der Waals surface area contributed by atoms with Crippen molar-refractivity contribution >= 4 is 15.9 Å². The molecule has 0 aromatic heterocycles. The van der Waals surface area contributed by atoms with E-state index in [2.05, 4.69) is 21.2 Å². The Labute approximate surface area is 120 Å². The highest BCUT2D eigenvalue weighted by Gasteiger charge is 2.34. The molecule has 0 aliphatic rings. The molecule has 0 aliphatic carbocycles. The maximum Gasteiger partial charge on any atom is 0.417 e. The van der Waals surface area contributed by atoms with Crippen LogP contribution in [-0.2, 0) is 6.18 Å². The van der Waals surface area contributed by atoms with Gasteiger partial charge in [-0.2, -0.15) is 13.2 Å². The number of hydrogen-bond donors (Lipinski definition) is 1. The molecule has 1 nitrogen and oxygen atoms in total. The predicted molar refractivity (Wildman–Crippen MR) is 75.0 cm³/mol. The van der Waals surface area contributed by atoms with Gasteiger partial charge in [0.1, 0.15) is 0 Å². The van der Waals surface area contributed by atoms with Crippen molar-refractivity contribution in [3.63, 3.8) is 0 Å². The van der Waals surface area contributed by atoms with Crippen LogP contribution in [0.5, 0.6) is 0 Å². The lowest BCUT2D eigenvalue weighted by molar-refractivity contribution is -0.138. The van der Waals surface area contributed by atoms with E-state index in [-0.39, 0.29) is 15.9 Å². The first kappa shape index (κ1) is 16.5. The Kier molecular flexibility index (Phi) is 5.07. The summed E-state index contributed by atoms with van der Waals surface area (Å²) in [6.07, 6.45) is -4.34. The largest absolute Gasteiger partial charge is 0.417 e. The summed E-state index contributed by atoms with van der Waals surface area (Å²) in [7, 11) is 0. The average Bonchev–Trinajstić information content (AvgIpc) is 2.24. The van der Waals surface area contributed by atoms with Gasteiger partial charge in [0.05, 0.1) is 5.56 Å². The monoisotopic (exact) mass is 337 g/mol. The van der Waals surface area contributed by atoms with Crippen LogP contribution in [0, 0.1) is 5.41 Å². The first-order valence-corrected chi connectivity index (χ1v) is 6.96. The van der Waals surface area contributed by atoms with E-state index in [4.69, 9.17) is 0 Å². The van der Waals surface area contributed by atoms with Crippen molar-refractivity contribution < 1.29 is 13.2 Å². The van der Waals surface area contributed by atoms with Gasteiger partial charge in [-0.05, 0) is 29.7 Å². The molecule has 0 bridgehead atoms. The predicted octanol–water partition coefficient (Wildman–Crippen LogP) is 5.16. The van der Waals surface area contributed by atoms with Gasteiger partial charge in [-0.1, -0.05) is 49.7 Å². The highest BCUT2D eigenvalue weighted by atomic mass is 79.9. The topological polar surface area (TPSA) is 12.0 Å². The maximum absolute atomic E-state index is 12.9. The normalized spacial score (nSPS) is 14.5. The lowest BCUT2D eigenvalue weighted by Gasteiger charge is -2.32. The summed E-state index contributed by atoms with van der Waals surface area (Å²) in [4.78, 5) is 0. The molecule has 19 heavy (non-hydrogen) atoms. The lowest BCUT2D eigenvalue weighted by atomic mass is 9.82. The summed E-state index contributed by atoms with van der Waals surface area (Å²) in [6, 6.07) is 4.31. The molecule has 0 heterocycles. The van der Waals surface area contributed by atoms with E-state index in [1.165, 1.54) is 12.1 Å². The highest BCUT2D eigenvalue weighted by Crippen LogP contribution is 2.39. The van der Waals surface area contributed by atoms with Crippen molar-refractivity contribution in [2.45, 2.75) is 39.9 Å². The molecule has 1 N–H and O–H groups in total. The fraction of sp³-hybridized carbons (Fsp3) is 0.571. The van der Waals surface area contributed by atoms with Gasteiger partial charge in [0.2, 0.25) is 0 Å². The number of halogens is 4. The quantitative estimate of drug-likeness (QED) is 0.802. The van der Waals surface area contributed by atoms with Crippen LogP contribution in [0.4, 0.5) is 13.2 Å².